The van der Waals surface area contributed by atoms with Gasteiger partial charge >= 0.3 is 53.4 Å². The number of carbonyl (C=O) groups is 7. The number of aliphatic hydroxyl groups is 3. The first-order chi connectivity index (χ1) is 40.8. The monoisotopic (exact) mass is 1240 g/mol. The topological polar surface area (TPSA) is 358 Å². The number of carboxylic acids is 3. The number of aldehydes is 1. The number of aromatic hydroxyl groups is 2. The van der Waals surface area contributed by atoms with Gasteiger partial charge in [-0.25, -0.2) is 19.2 Å². The average Bonchev–Trinajstić information content (AvgIpc) is 1.46. The molecule has 0 radical (unpaired) electrons. The molecule has 4 saturated heterocycles. The maximum absolute atomic E-state index is 14.4. The Morgan fingerprint density at radius 1 is 0.864 bits per heavy atom. The Balaban J connectivity index is 0.000000305. The van der Waals surface area contributed by atoms with Crippen LogP contribution in [0.1, 0.15) is 181 Å². The number of hydrogen-bond donors (Lipinski definition) is 7. The zero-order valence-electron chi connectivity index (χ0n) is 52.5. The number of phenolic OH excluding ortho intramolecular Hbond substituents is 1. The van der Waals surface area contributed by atoms with Crippen LogP contribution in [0.4, 0.5) is 0 Å². The van der Waals surface area contributed by atoms with Crippen molar-refractivity contribution in [3.05, 3.63) is 63.8 Å². The quantitative estimate of drug-likeness (QED) is 0.0276. The van der Waals surface area contributed by atoms with E-state index in [2.05, 4.69) is 20.8 Å². The fourth-order valence-corrected chi connectivity index (χ4v) is 13.8. The summed E-state index contributed by atoms with van der Waals surface area (Å²) in [4.78, 5) is 84.9. The van der Waals surface area contributed by atoms with Crippen molar-refractivity contribution >= 4 is 41.9 Å². The van der Waals surface area contributed by atoms with Crippen LogP contribution in [0.2, 0.25) is 0 Å². The van der Waals surface area contributed by atoms with E-state index < -0.39 is 153 Å². The second-order valence-electron chi connectivity index (χ2n) is 24.9. The molecule has 18 atom stereocenters. The summed E-state index contributed by atoms with van der Waals surface area (Å²) in [7, 11) is 0. The number of hydrogen-bond acceptors (Lipinski definition) is 21. The Bertz CT molecular complexity index is 3030. The molecule has 18 unspecified atom stereocenters. The minimum atomic E-state index is -1.60. The van der Waals surface area contributed by atoms with Crippen molar-refractivity contribution < 1.29 is 142 Å². The smallest absolute Gasteiger partial charge is 0.550 e. The number of ketones is 1. The van der Waals surface area contributed by atoms with Crippen LogP contribution >= 0.6 is 0 Å². The van der Waals surface area contributed by atoms with Gasteiger partial charge in [0, 0.05) is 59.7 Å². The van der Waals surface area contributed by atoms with Crippen LogP contribution < -0.4 is 44.1 Å². The molecule has 6 aliphatic heterocycles. The fourth-order valence-electron chi connectivity index (χ4n) is 13.8. The molecule has 8 rings (SSSR count). The van der Waals surface area contributed by atoms with Gasteiger partial charge in [-0.05, 0) is 121 Å². The van der Waals surface area contributed by atoms with E-state index in [-0.39, 0.29) is 94.0 Å². The van der Waals surface area contributed by atoms with Gasteiger partial charge in [0.25, 0.3) is 0 Å². The maximum atomic E-state index is 14.4. The van der Waals surface area contributed by atoms with Crippen molar-refractivity contribution in [1.29, 1.82) is 0 Å². The number of carbonyl (C=O) groups excluding carboxylic acids is 5. The average molecular weight is 1250 g/mol. The molecule has 0 aliphatic carbocycles. The van der Waals surface area contributed by atoms with Crippen LogP contribution in [0, 0.1) is 55.3 Å². The summed E-state index contributed by atoms with van der Waals surface area (Å²) >= 11 is 0. The summed E-state index contributed by atoms with van der Waals surface area (Å²) in [6, 6.07) is 1.13. The van der Waals surface area contributed by atoms with Crippen molar-refractivity contribution in [2.45, 2.75) is 219 Å². The summed E-state index contributed by atoms with van der Waals surface area (Å²) in [6.45, 7) is 21.3. The molecule has 2 aromatic rings. The van der Waals surface area contributed by atoms with Crippen LogP contribution in [0.5, 0.6) is 28.7 Å². The molecule has 6 heterocycles. The van der Waals surface area contributed by atoms with Crippen molar-refractivity contribution in [2.24, 2.45) is 41.4 Å². The number of Topliss-reactive ketones (excluding diaryl/α,β-unsaturated/α-hetero) is 1. The van der Waals surface area contributed by atoms with Gasteiger partial charge in [0.2, 0.25) is 5.79 Å². The molecule has 2 spiro atoms. The molecule has 88 heavy (non-hydrogen) atoms. The predicted molar refractivity (Wildman–Crippen MR) is 306 cm³/mol. The van der Waals surface area contributed by atoms with Gasteiger partial charge in [-0.15, -0.1) is 0 Å². The fraction of sp³-hybridized carbons (Fsp3) is 0.641. The van der Waals surface area contributed by atoms with Crippen molar-refractivity contribution in [3.8, 4) is 28.7 Å². The summed E-state index contributed by atoms with van der Waals surface area (Å²) < 4.78 is 49.3. The van der Waals surface area contributed by atoms with Gasteiger partial charge in [-0.2, -0.15) is 0 Å². The molecule has 0 aromatic heterocycles. The second-order valence-corrected chi connectivity index (χ2v) is 24.9. The molecule has 4 fully saturated rings. The first-order valence-corrected chi connectivity index (χ1v) is 30.1. The molecule has 0 bridgehead atoms. The minimum absolute atomic E-state index is 0. The SMILES string of the molecule is CCC(C(=O)[O-])C1CCC(C)C(C(C)C(O)C(C)C(=O)C(CC)C2OC3(C=CC(O)C4(CCC(C)(C5CCC(O)(CC)C(C)O5)O4)O3)C(C)CC2C)O1.Cc1cc(O)c(C=O)c2c1C(=O)Oc1c(COC(=O)C=CC(=O)O)c(O)c(C(=O)O)c(C)c1O2.[Na+]. The van der Waals surface area contributed by atoms with E-state index in [9.17, 15) is 69.3 Å². The zero-order chi connectivity index (χ0) is 64.6. The number of aliphatic carboxylic acids is 2. The largest absolute Gasteiger partial charge is 1.00 e. The van der Waals surface area contributed by atoms with Crippen LogP contribution in [0.3, 0.4) is 0 Å². The van der Waals surface area contributed by atoms with Crippen LogP contribution in [-0.4, -0.2) is 143 Å². The zero-order valence-corrected chi connectivity index (χ0v) is 54.5. The Hall–Kier alpha value is -5.31. The normalized spacial score (nSPS) is 32.5. The first kappa shape index (κ1) is 71.8. The Morgan fingerprint density at radius 3 is 2.12 bits per heavy atom. The number of carboxylic acid groups (broad SMARTS) is 3. The van der Waals surface area contributed by atoms with Gasteiger partial charge in [-0.3, -0.25) is 9.59 Å². The molecule has 7 N–H and O–H groups in total. The summed E-state index contributed by atoms with van der Waals surface area (Å²) in [6.07, 6.45) is 6.52. The third kappa shape index (κ3) is 14.1. The number of ether oxygens (including phenoxy) is 8. The number of rotatable bonds is 18. The number of aryl methyl sites for hydroxylation is 1. The van der Waals surface area contributed by atoms with Crippen molar-refractivity contribution in [1.82, 2.24) is 0 Å². The molecule has 0 saturated carbocycles. The summed E-state index contributed by atoms with van der Waals surface area (Å²) in [5, 5.41) is 84.9. The maximum Gasteiger partial charge on any atom is 1.00 e. The van der Waals surface area contributed by atoms with Crippen LogP contribution in [0.25, 0.3) is 0 Å². The van der Waals surface area contributed by atoms with Gasteiger partial charge in [-0.1, -0.05) is 55.4 Å². The second kappa shape index (κ2) is 28.5. The van der Waals surface area contributed by atoms with Crippen molar-refractivity contribution in [3.63, 3.8) is 0 Å². The Labute approximate surface area is 534 Å². The van der Waals surface area contributed by atoms with E-state index in [1.165, 1.54) is 13.8 Å². The molecular weight excluding hydrogens is 1160 g/mol. The van der Waals surface area contributed by atoms with E-state index in [0.29, 0.717) is 69.9 Å². The van der Waals surface area contributed by atoms with E-state index in [4.69, 9.17) is 43.0 Å². The Morgan fingerprint density at radius 2 is 1.53 bits per heavy atom. The third-order valence-electron chi connectivity index (χ3n) is 19.3. The van der Waals surface area contributed by atoms with E-state index in [1.54, 1.807) is 19.1 Å². The first-order valence-electron chi connectivity index (χ1n) is 30.1. The molecule has 24 heteroatoms. The van der Waals surface area contributed by atoms with E-state index in [0.717, 1.165) is 12.5 Å². The number of aromatic carboxylic acids is 1. The van der Waals surface area contributed by atoms with Crippen LogP contribution in [-0.2, 0) is 54.2 Å². The van der Waals surface area contributed by atoms with Crippen LogP contribution in [0.15, 0.2) is 30.4 Å². The Kier molecular flexibility index (Phi) is 23.2. The molecule has 6 aliphatic rings. The molecule has 23 nitrogen and oxygen atoms in total. The third-order valence-corrected chi connectivity index (χ3v) is 19.3. The molecule has 0 amide bonds. The van der Waals surface area contributed by atoms with Gasteiger partial charge in [0.05, 0.1) is 59.0 Å². The minimum Gasteiger partial charge on any atom is -0.550 e. The summed E-state index contributed by atoms with van der Waals surface area (Å²) in [5.74, 6) is -14.1. The number of fused-ring (bicyclic) bond motifs is 2. The standard InChI is InChI=1S/C42H70O11.C22H16O12.Na/c1-11-29(38(46)47)31-15-14-23(4)36(50-31)27(8)34(44)26(7)35(45)30(12-2)37-24(5)22-25(6)41(51-37)19-16-32(43)42(53-41)21-20-39(10,52-42)33-17-18-40(48,13-3)28(9)49-33;1-8-5-12(24)10(6-23)19-15(8)22(31)34-20-11(7-32-14(27)4-3-13(25)26)17(28)16(21(29)30)9(2)18(20)33-19;/h16,19,23-34,36-37,43-44,48H,11-15,17-18,20-22H2,1-10H3,(H,46,47);3-6,24,28H,7H2,1-2H3,(H,25,26)(H,29,30);/q;;+1/p-1. The number of benzene rings is 2. The van der Waals surface area contributed by atoms with Gasteiger partial charge in [0.1, 0.15) is 41.1 Å². The van der Waals surface area contributed by atoms with E-state index in [1.807, 2.05) is 41.5 Å². The number of esters is 2. The van der Waals surface area contributed by atoms with Gasteiger partial charge < -0.3 is 83.5 Å². The molecular formula is C64H85NaO23. The van der Waals surface area contributed by atoms with Crippen molar-refractivity contribution in [2.75, 3.05) is 0 Å². The number of aliphatic hydroxyl groups excluding tert-OH is 2. The van der Waals surface area contributed by atoms with Gasteiger partial charge in [0.15, 0.2) is 29.3 Å². The summed E-state index contributed by atoms with van der Waals surface area (Å²) in [5.41, 5.74) is -3.44. The molecule has 480 valence electrons. The number of phenols is 2. The molecule has 2 aromatic carbocycles. The predicted octanol–water partition coefficient (Wildman–Crippen LogP) is 4.09. The van der Waals surface area contributed by atoms with E-state index >= 15 is 0 Å².